The van der Waals surface area contributed by atoms with Crippen LogP contribution in [0.4, 0.5) is 5.95 Å². The lowest BCUT2D eigenvalue weighted by molar-refractivity contribution is -0.115. The largest absolute Gasteiger partial charge is 0.464 e. The third-order valence-corrected chi connectivity index (χ3v) is 4.63. The monoisotopic (exact) mass is 351 g/mol. The lowest BCUT2D eigenvalue weighted by atomic mass is 9.99. The second-order valence-corrected chi connectivity index (χ2v) is 6.33. The van der Waals surface area contributed by atoms with E-state index < -0.39 is 5.63 Å². The number of hydrogen-bond donors (Lipinski definition) is 2. The van der Waals surface area contributed by atoms with E-state index in [-0.39, 0.29) is 12.3 Å². The van der Waals surface area contributed by atoms with Gasteiger partial charge in [0.2, 0.25) is 11.9 Å². The Bertz CT molecular complexity index is 1200. The zero-order valence-corrected chi connectivity index (χ0v) is 14.6. The van der Waals surface area contributed by atoms with E-state index in [1.54, 1.807) is 12.5 Å². The Balaban J connectivity index is 1.82. The van der Waals surface area contributed by atoms with Crippen molar-refractivity contribution < 1.29 is 13.6 Å². The number of carbonyl (C=O) groups excluding carboxylic acids is 1. The summed E-state index contributed by atoms with van der Waals surface area (Å²) >= 11 is 0. The SMILES string of the molecule is Cc1coc2c(C)c3oc(=O)c(CC(=O)Nc4ncc[nH]4)c(C)c3cc12. The Hall–Kier alpha value is -3.35. The fraction of sp³-hybridized carbons (Fsp3) is 0.211. The van der Waals surface area contributed by atoms with Crippen LogP contribution in [0, 0.1) is 20.8 Å². The van der Waals surface area contributed by atoms with Gasteiger partial charge in [0.15, 0.2) is 0 Å². The van der Waals surface area contributed by atoms with Gasteiger partial charge in [-0.3, -0.25) is 10.1 Å². The Kier molecular flexibility index (Phi) is 3.64. The van der Waals surface area contributed by atoms with Gasteiger partial charge in [-0.2, -0.15) is 0 Å². The van der Waals surface area contributed by atoms with Crippen molar-refractivity contribution in [3.05, 3.63) is 57.4 Å². The minimum absolute atomic E-state index is 0.0910. The molecule has 26 heavy (non-hydrogen) atoms. The van der Waals surface area contributed by atoms with E-state index in [1.165, 1.54) is 6.20 Å². The first-order chi connectivity index (χ1) is 12.5. The number of anilines is 1. The van der Waals surface area contributed by atoms with E-state index in [4.69, 9.17) is 8.83 Å². The number of furan rings is 1. The summed E-state index contributed by atoms with van der Waals surface area (Å²) < 4.78 is 11.1. The van der Waals surface area contributed by atoms with Gasteiger partial charge in [-0.25, -0.2) is 9.78 Å². The second-order valence-electron chi connectivity index (χ2n) is 6.33. The van der Waals surface area contributed by atoms with Crippen LogP contribution in [0.3, 0.4) is 0 Å². The van der Waals surface area contributed by atoms with Crippen molar-refractivity contribution >= 4 is 33.8 Å². The fourth-order valence-electron chi connectivity index (χ4n) is 3.19. The molecule has 0 saturated heterocycles. The van der Waals surface area contributed by atoms with Crippen LogP contribution in [0.5, 0.6) is 0 Å². The van der Waals surface area contributed by atoms with Crippen molar-refractivity contribution in [1.29, 1.82) is 0 Å². The number of amides is 1. The molecular weight excluding hydrogens is 334 g/mol. The van der Waals surface area contributed by atoms with E-state index in [0.29, 0.717) is 22.7 Å². The Labute approximate surface area is 148 Å². The van der Waals surface area contributed by atoms with E-state index in [0.717, 1.165) is 27.5 Å². The smallest absolute Gasteiger partial charge is 0.340 e. The molecule has 1 amide bonds. The number of aromatic amines is 1. The molecule has 7 nitrogen and oxygen atoms in total. The number of carbonyl (C=O) groups is 1. The number of imidazole rings is 1. The molecule has 2 N–H and O–H groups in total. The maximum absolute atomic E-state index is 12.5. The summed E-state index contributed by atoms with van der Waals surface area (Å²) in [5, 5.41) is 4.39. The summed E-state index contributed by atoms with van der Waals surface area (Å²) in [6.45, 7) is 5.65. The van der Waals surface area contributed by atoms with Crippen LogP contribution in [0.1, 0.15) is 22.3 Å². The summed E-state index contributed by atoms with van der Waals surface area (Å²) in [6, 6.07) is 1.95. The molecule has 4 rings (SSSR count). The average Bonchev–Trinajstić information content (AvgIpc) is 3.23. The Morgan fingerprint density at radius 2 is 2.00 bits per heavy atom. The van der Waals surface area contributed by atoms with Gasteiger partial charge < -0.3 is 13.8 Å². The number of aromatic nitrogens is 2. The third-order valence-electron chi connectivity index (χ3n) is 4.63. The van der Waals surface area contributed by atoms with Crippen LogP contribution < -0.4 is 10.9 Å². The first-order valence-corrected chi connectivity index (χ1v) is 8.18. The normalized spacial score (nSPS) is 11.3. The zero-order chi connectivity index (χ0) is 18.4. The number of hydrogen-bond acceptors (Lipinski definition) is 5. The number of fused-ring (bicyclic) bond motifs is 2. The van der Waals surface area contributed by atoms with Gasteiger partial charge in [-0.05, 0) is 38.0 Å². The summed E-state index contributed by atoms with van der Waals surface area (Å²) in [7, 11) is 0. The molecule has 0 saturated carbocycles. The molecule has 3 aromatic heterocycles. The average molecular weight is 351 g/mol. The minimum Gasteiger partial charge on any atom is -0.464 e. The summed E-state index contributed by atoms with van der Waals surface area (Å²) in [5.41, 5.74) is 3.53. The fourth-order valence-corrected chi connectivity index (χ4v) is 3.19. The van der Waals surface area contributed by atoms with E-state index in [9.17, 15) is 9.59 Å². The highest BCUT2D eigenvalue weighted by Crippen LogP contribution is 2.32. The molecule has 1 aromatic carbocycles. The van der Waals surface area contributed by atoms with Crippen molar-refractivity contribution in [1.82, 2.24) is 9.97 Å². The van der Waals surface area contributed by atoms with E-state index >= 15 is 0 Å². The van der Waals surface area contributed by atoms with Crippen LogP contribution in [0.2, 0.25) is 0 Å². The van der Waals surface area contributed by atoms with Crippen molar-refractivity contribution in [3.8, 4) is 0 Å². The second kappa shape index (κ2) is 5.87. The highest BCUT2D eigenvalue weighted by Gasteiger charge is 2.19. The van der Waals surface area contributed by atoms with E-state index in [1.807, 2.05) is 26.8 Å². The molecule has 0 fully saturated rings. The van der Waals surface area contributed by atoms with Crippen LogP contribution in [0.15, 0.2) is 38.4 Å². The Morgan fingerprint density at radius 1 is 1.19 bits per heavy atom. The lowest BCUT2D eigenvalue weighted by Crippen LogP contribution is -2.21. The van der Waals surface area contributed by atoms with Crippen LogP contribution in [-0.2, 0) is 11.2 Å². The van der Waals surface area contributed by atoms with Gasteiger partial charge >= 0.3 is 5.63 Å². The molecule has 3 heterocycles. The topological polar surface area (TPSA) is 101 Å². The van der Waals surface area contributed by atoms with Crippen molar-refractivity contribution in [2.24, 2.45) is 0 Å². The standard InChI is InChI=1S/C19H17N3O4/c1-9-8-25-16-11(3)17-13(6-12(9)16)10(2)14(18(24)26-17)7-15(23)22-19-20-4-5-21-19/h4-6,8H,7H2,1-3H3,(H2,20,21,22,23). The van der Waals surface area contributed by atoms with Crippen molar-refractivity contribution in [3.63, 3.8) is 0 Å². The lowest BCUT2D eigenvalue weighted by Gasteiger charge is -2.10. The molecule has 0 aliphatic rings. The molecule has 4 aromatic rings. The number of nitrogens with zero attached hydrogens (tertiary/aromatic N) is 1. The minimum atomic E-state index is -0.518. The number of rotatable bonds is 3. The maximum Gasteiger partial charge on any atom is 0.340 e. The molecule has 0 aliphatic heterocycles. The van der Waals surface area contributed by atoms with Gasteiger partial charge in [-0.1, -0.05) is 0 Å². The molecular formula is C19H17N3O4. The highest BCUT2D eigenvalue weighted by atomic mass is 16.4. The molecule has 0 unspecified atom stereocenters. The molecule has 0 bridgehead atoms. The maximum atomic E-state index is 12.5. The van der Waals surface area contributed by atoms with Crippen LogP contribution in [-0.4, -0.2) is 15.9 Å². The van der Waals surface area contributed by atoms with E-state index in [2.05, 4.69) is 15.3 Å². The van der Waals surface area contributed by atoms with Crippen molar-refractivity contribution in [2.75, 3.05) is 5.32 Å². The summed E-state index contributed by atoms with van der Waals surface area (Å²) in [6.07, 6.45) is 4.73. The first-order valence-electron chi connectivity index (χ1n) is 8.18. The quantitative estimate of drug-likeness (QED) is 0.551. The van der Waals surface area contributed by atoms with Gasteiger partial charge in [0, 0.05) is 28.7 Å². The summed E-state index contributed by atoms with van der Waals surface area (Å²) in [4.78, 5) is 31.5. The number of H-pyrrole nitrogens is 1. The first kappa shape index (κ1) is 16.1. The number of aryl methyl sites for hydroxylation is 3. The zero-order valence-electron chi connectivity index (χ0n) is 14.6. The Morgan fingerprint density at radius 3 is 2.73 bits per heavy atom. The highest BCUT2D eigenvalue weighted by molar-refractivity contribution is 6.00. The molecule has 0 spiro atoms. The van der Waals surface area contributed by atoms with Gasteiger partial charge in [0.1, 0.15) is 11.2 Å². The van der Waals surface area contributed by atoms with Gasteiger partial charge in [0.25, 0.3) is 0 Å². The molecule has 0 atom stereocenters. The predicted octanol–water partition coefficient (Wildman–Crippen LogP) is 3.37. The van der Waals surface area contributed by atoms with Crippen LogP contribution in [0.25, 0.3) is 21.9 Å². The number of nitrogens with one attached hydrogen (secondary N) is 2. The predicted molar refractivity (Wildman–Crippen MR) is 97.4 cm³/mol. The van der Waals surface area contributed by atoms with Crippen LogP contribution >= 0.6 is 0 Å². The number of benzene rings is 1. The third kappa shape index (κ3) is 2.48. The molecule has 7 heteroatoms. The molecule has 0 aliphatic carbocycles. The van der Waals surface area contributed by atoms with Crippen molar-refractivity contribution in [2.45, 2.75) is 27.2 Å². The van der Waals surface area contributed by atoms with Gasteiger partial charge in [0.05, 0.1) is 18.2 Å². The molecule has 0 radical (unpaired) electrons. The molecule has 132 valence electrons. The summed E-state index contributed by atoms with van der Waals surface area (Å²) in [5.74, 6) is -0.00334. The van der Waals surface area contributed by atoms with Gasteiger partial charge in [-0.15, -0.1) is 0 Å².